The van der Waals surface area contributed by atoms with Crippen molar-refractivity contribution in [1.29, 1.82) is 0 Å². The minimum absolute atomic E-state index is 0.0405. The molecular weight excluding hydrogens is 262 g/mol. The summed E-state index contributed by atoms with van der Waals surface area (Å²) in [6.45, 7) is 8.47. The van der Waals surface area contributed by atoms with Crippen LogP contribution in [-0.4, -0.2) is 24.1 Å². The van der Waals surface area contributed by atoms with Crippen molar-refractivity contribution in [2.45, 2.75) is 33.1 Å². The third-order valence-electron chi connectivity index (χ3n) is 3.35. The lowest BCUT2D eigenvalue weighted by atomic mass is 9.91. The van der Waals surface area contributed by atoms with Crippen LogP contribution in [-0.2, 0) is 5.41 Å². The maximum Gasteiger partial charge on any atom is 0.165 e. The average Bonchev–Trinajstić information content (AvgIpc) is 2.45. The Hall–Kier alpha value is -2.10. The van der Waals surface area contributed by atoms with Crippen LogP contribution in [0.3, 0.4) is 0 Å². The van der Waals surface area contributed by atoms with E-state index in [0.29, 0.717) is 5.82 Å². The highest BCUT2D eigenvalue weighted by Crippen LogP contribution is 2.31. The first-order valence-electron chi connectivity index (χ1n) is 7.07. The molecule has 21 heavy (non-hydrogen) atoms. The topological polar surface area (TPSA) is 47.0 Å². The fraction of sp³-hybridized carbons (Fsp3) is 0.412. The lowest BCUT2D eigenvalue weighted by Crippen LogP contribution is -2.15. The minimum atomic E-state index is -0.0405. The van der Waals surface area contributed by atoms with E-state index in [9.17, 15) is 0 Å². The van der Waals surface area contributed by atoms with E-state index < -0.39 is 0 Å². The van der Waals surface area contributed by atoms with Crippen LogP contribution in [0.5, 0.6) is 5.75 Å². The minimum Gasteiger partial charge on any atom is -0.496 e. The van der Waals surface area contributed by atoms with Gasteiger partial charge in [-0.1, -0.05) is 26.8 Å². The summed E-state index contributed by atoms with van der Waals surface area (Å²) < 4.78 is 5.48. The molecule has 0 aliphatic heterocycles. The van der Waals surface area contributed by atoms with Gasteiger partial charge in [-0.15, -0.1) is 0 Å². The second-order valence-corrected chi connectivity index (χ2v) is 6.17. The number of benzene rings is 1. The Morgan fingerprint density at radius 2 is 1.81 bits per heavy atom. The van der Waals surface area contributed by atoms with Gasteiger partial charge in [0.15, 0.2) is 5.82 Å². The van der Waals surface area contributed by atoms with Crippen LogP contribution in [0.1, 0.15) is 32.0 Å². The van der Waals surface area contributed by atoms with Gasteiger partial charge in [0, 0.05) is 18.5 Å². The molecule has 0 spiro atoms. The van der Waals surface area contributed by atoms with Crippen LogP contribution in [0.4, 0.5) is 5.82 Å². The molecule has 1 N–H and O–H groups in total. The highest BCUT2D eigenvalue weighted by atomic mass is 16.5. The SMILES string of the molecule is CNc1cc(C(C)(C)C)nc(-c2ccc(C)cc2OC)n1. The van der Waals surface area contributed by atoms with Gasteiger partial charge in [0.2, 0.25) is 0 Å². The Morgan fingerprint density at radius 1 is 1.10 bits per heavy atom. The Bertz CT molecular complexity index is 645. The van der Waals surface area contributed by atoms with Crippen molar-refractivity contribution in [1.82, 2.24) is 9.97 Å². The molecular formula is C17H23N3O. The van der Waals surface area contributed by atoms with Gasteiger partial charge < -0.3 is 10.1 Å². The second kappa shape index (κ2) is 5.72. The largest absolute Gasteiger partial charge is 0.496 e. The van der Waals surface area contributed by atoms with E-state index in [2.05, 4.69) is 31.1 Å². The zero-order chi connectivity index (χ0) is 15.6. The number of hydrogen-bond acceptors (Lipinski definition) is 4. The number of ether oxygens (including phenoxy) is 1. The first-order valence-corrected chi connectivity index (χ1v) is 7.07. The Balaban J connectivity index is 2.63. The molecule has 0 aliphatic carbocycles. The van der Waals surface area contributed by atoms with E-state index in [1.807, 2.05) is 38.2 Å². The van der Waals surface area contributed by atoms with Gasteiger partial charge in [0.05, 0.1) is 18.4 Å². The van der Waals surface area contributed by atoms with E-state index in [1.54, 1.807) is 7.11 Å². The van der Waals surface area contributed by atoms with Crippen molar-refractivity contribution in [2.75, 3.05) is 19.5 Å². The first kappa shape index (κ1) is 15.3. The van der Waals surface area contributed by atoms with Crippen molar-refractivity contribution >= 4 is 5.82 Å². The summed E-state index contributed by atoms with van der Waals surface area (Å²) in [6.07, 6.45) is 0. The Morgan fingerprint density at radius 3 is 2.38 bits per heavy atom. The standard InChI is InChI=1S/C17H23N3O/c1-11-7-8-12(13(9-11)21-6)16-19-14(17(2,3)4)10-15(18-5)20-16/h7-10H,1-6H3,(H,18,19,20). The number of anilines is 1. The molecule has 0 aliphatic rings. The van der Waals surface area contributed by atoms with Gasteiger partial charge in [-0.3, -0.25) is 0 Å². The maximum absolute atomic E-state index is 5.48. The Labute approximate surface area is 126 Å². The molecule has 112 valence electrons. The monoisotopic (exact) mass is 285 g/mol. The molecule has 4 heteroatoms. The fourth-order valence-corrected chi connectivity index (χ4v) is 2.06. The number of aromatic nitrogens is 2. The molecule has 2 aromatic rings. The summed E-state index contributed by atoms with van der Waals surface area (Å²) in [5.74, 6) is 2.29. The van der Waals surface area contributed by atoms with Crippen LogP contribution in [0, 0.1) is 6.92 Å². The maximum atomic E-state index is 5.48. The van der Waals surface area contributed by atoms with Crippen LogP contribution in [0.2, 0.25) is 0 Å². The summed E-state index contributed by atoms with van der Waals surface area (Å²) in [6, 6.07) is 8.05. The fourth-order valence-electron chi connectivity index (χ4n) is 2.06. The molecule has 0 atom stereocenters. The van der Waals surface area contributed by atoms with E-state index >= 15 is 0 Å². The van der Waals surface area contributed by atoms with Crippen molar-refractivity contribution in [3.05, 3.63) is 35.5 Å². The van der Waals surface area contributed by atoms with E-state index in [4.69, 9.17) is 9.72 Å². The number of rotatable bonds is 3. The number of methoxy groups -OCH3 is 1. The van der Waals surface area contributed by atoms with Crippen molar-refractivity contribution in [3.63, 3.8) is 0 Å². The van der Waals surface area contributed by atoms with Crippen LogP contribution in [0.25, 0.3) is 11.4 Å². The van der Waals surface area contributed by atoms with Gasteiger partial charge >= 0.3 is 0 Å². The van der Waals surface area contributed by atoms with Crippen molar-refractivity contribution in [3.8, 4) is 17.1 Å². The molecule has 0 amide bonds. The van der Waals surface area contributed by atoms with Gasteiger partial charge in [0.25, 0.3) is 0 Å². The molecule has 1 heterocycles. The van der Waals surface area contributed by atoms with Crippen molar-refractivity contribution in [2.24, 2.45) is 0 Å². The number of aryl methyl sites for hydroxylation is 1. The smallest absolute Gasteiger partial charge is 0.165 e. The van der Waals surface area contributed by atoms with Crippen molar-refractivity contribution < 1.29 is 4.74 Å². The molecule has 0 fully saturated rings. The molecule has 4 nitrogen and oxygen atoms in total. The zero-order valence-corrected chi connectivity index (χ0v) is 13.6. The van der Waals surface area contributed by atoms with Gasteiger partial charge in [-0.05, 0) is 24.6 Å². The number of hydrogen-bond donors (Lipinski definition) is 1. The number of nitrogens with zero attached hydrogens (tertiary/aromatic N) is 2. The summed E-state index contributed by atoms with van der Waals surface area (Å²) in [7, 11) is 3.54. The molecule has 2 rings (SSSR count). The zero-order valence-electron chi connectivity index (χ0n) is 13.6. The summed E-state index contributed by atoms with van der Waals surface area (Å²) in [4.78, 5) is 9.30. The molecule has 0 unspecified atom stereocenters. The average molecular weight is 285 g/mol. The molecule has 0 saturated heterocycles. The predicted molar refractivity (Wildman–Crippen MR) is 87.0 cm³/mol. The van der Waals surface area contributed by atoms with Gasteiger partial charge in [0.1, 0.15) is 11.6 Å². The highest BCUT2D eigenvalue weighted by Gasteiger charge is 2.19. The summed E-state index contributed by atoms with van der Waals surface area (Å²) in [5.41, 5.74) is 3.02. The van der Waals surface area contributed by atoms with E-state index in [-0.39, 0.29) is 5.41 Å². The van der Waals surface area contributed by atoms with Crippen LogP contribution < -0.4 is 10.1 Å². The first-order chi connectivity index (χ1) is 9.85. The third-order valence-corrected chi connectivity index (χ3v) is 3.35. The molecule has 0 saturated carbocycles. The summed E-state index contributed by atoms with van der Waals surface area (Å²) in [5, 5.41) is 3.11. The lowest BCUT2D eigenvalue weighted by Gasteiger charge is -2.20. The summed E-state index contributed by atoms with van der Waals surface area (Å²) >= 11 is 0. The van der Waals surface area contributed by atoms with Gasteiger partial charge in [-0.25, -0.2) is 9.97 Å². The van der Waals surface area contributed by atoms with E-state index in [0.717, 1.165) is 28.4 Å². The molecule has 1 aromatic carbocycles. The Kier molecular flexibility index (Phi) is 4.16. The van der Waals surface area contributed by atoms with E-state index in [1.165, 1.54) is 0 Å². The highest BCUT2D eigenvalue weighted by molar-refractivity contribution is 5.66. The third kappa shape index (κ3) is 3.32. The molecule has 0 radical (unpaired) electrons. The molecule has 1 aromatic heterocycles. The predicted octanol–water partition coefficient (Wildman–Crippen LogP) is 3.80. The molecule has 0 bridgehead atoms. The normalized spacial score (nSPS) is 11.3. The quantitative estimate of drug-likeness (QED) is 0.931. The lowest BCUT2D eigenvalue weighted by molar-refractivity contribution is 0.415. The van der Waals surface area contributed by atoms with Gasteiger partial charge in [-0.2, -0.15) is 0 Å². The number of nitrogens with one attached hydrogen (secondary N) is 1. The van der Waals surface area contributed by atoms with Crippen LogP contribution >= 0.6 is 0 Å². The van der Waals surface area contributed by atoms with Crippen LogP contribution in [0.15, 0.2) is 24.3 Å². The second-order valence-electron chi connectivity index (χ2n) is 6.17.